The molecule has 1 aromatic carbocycles. The fourth-order valence-corrected chi connectivity index (χ4v) is 2.96. The lowest BCUT2D eigenvalue weighted by molar-refractivity contribution is 0.0775. The van der Waals surface area contributed by atoms with Crippen molar-refractivity contribution in [3.63, 3.8) is 0 Å². The third-order valence-electron chi connectivity index (χ3n) is 4.12. The smallest absolute Gasteiger partial charge is 0.255 e. The van der Waals surface area contributed by atoms with Gasteiger partial charge < -0.3 is 9.80 Å². The predicted molar refractivity (Wildman–Crippen MR) is 85.8 cm³/mol. The molecule has 0 N–H and O–H groups in total. The van der Waals surface area contributed by atoms with Crippen LogP contribution < -0.4 is 4.90 Å². The van der Waals surface area contributed by atoms with E-state index in [0.717, 1.165) is 26.1 Å². The summed E-state index contributed by atoms with van der Waals surface area (Å²) in [6, 6.07) is 12.1. The maximum Gasteiger partial charge on any atom is 0.255 e. The monoisotopic (exact) mass is 296 g/mol. The Morgan fingerprint density at radius 3 is 2.82 bits per heavy atom. The van der Waals surface area contributed by atoms with E-state index in [2.05, 4.69) is 39.4 Å². The Kier molecular flexibility index (Phi) is 4.32. The molecular weight excluding hydrogens is 276 g/mol. The molecule has 22 heavy (non-hydrogen) atoms. The van der Waals surface area contributed by atoms with Crippen LogP contribution in [0.2, 0.25) is 0 Å². The van der Waals surface area contributed by atoms with Crippen LogP contribution in [0.15, 0.2) is 48.8 Å². The molecule has 5 nitrogen and oxygen atoms in total. The Morgan fingerprint density at radius 1 is 1.27 bits per heavy atom. The Balaban J connectivity index is 1.57. The summed E-state index contributed by atoms with van der Waals surface area (Å²) in [5.41, 5.74) is 1.85. The Bertz CT molecular complexity index is 617. The molecule has 1 aromatic heterocycles. The van der Waals surface area contributed by atoms with E-state index >= 15 is 0 Å². The zero-order valence-corrected chi connectivity index (χ0v) is 12.7. The van der Waals surface area contributed by atoms with Gasteiger partial charge in [0.1, 0.15) is 0 Å². The van der Waals surface area contributed by atoms with Crippen molar-refractivity contribution in [2.24, 2.45) is 5.92 Å². The summed E-state index contributed by atoms with van der Waals surface area (Å²) in [6.45, 7) is 2.81. The lowest BCUT2D eigenvalue weighted by Gasteiger charge is -2.22. The van der Waals surface area contributed by atoms with Gasteiger partial charge in [0, 0.05) is 32.4 Å². The summed E-state index contributed by atoms with van der Waals surface area (Å²) in [6.07, 6.45) is 4.18. The first-order chi connectivity index (χ1) is 10.7. The van der Waals surface area contributed by atoms with Gasteiger partial charge >= 0.3 is 0 Å². The highest BCUT2D eigenvalue weighted by Crippen LogP contribution is 2.24. The molecule has 0 saturated carbocycles. The number of hydrogen-bond donors (Lipinski definition) is 0. The van der Waals surface area contributed by atoms with E-state index in [9.17, 15) is 4.79 Å². The number of anilines is 1. The molecule has 2 heterocycles. The minimum atomic E-state index is 0.00746. The van der Waals surface area contributed by atoms with Crippen LogP contribution in [0.5, 0.6) is 0 Å². The summed E-state index contributed by atoms with van der Waals surface area (Å²) in [4.78, 5) is 16.5. The maximum absolute atomic E-state index is 12.3. The summed E-state index contributed by atoms with van der Waals surface area (Å²) in [5.74, 6) is 0.511. The van der Waals surface area contributed by atoms with Crippen LogP contribution in [-0.2, 0) is 0 Å². The number of amides is 1. The second-order valence-corrected chi connectivity index (χ2v) is 5.75. The molecule has 0 radical (unpaired) electrons. The van der Waals surface area contributed by atoms with Gasteiger partial charge in [0.05, 0.1) is 18.0 Å². The number of rotatable bonds is 4. The van der Waals surface area contributed by atoms with Crippen LogP contribution in [0.1, 0.15) is 16.8 Å². The second kappa shape index (κ2) is 6.56. The third kappa shape index (κ3) is 3.24. The second-order valence-electron chi connectivity index (χ2n) is 5.75. The standard InChI is InChI=1S/C17H20N4O/c1-20(17(22)15-7-9-18-19-11-15)12-14-8-10-21(13-14)16-5-3-2-4-6-16/h2-7,9,11,14H,8,10,12-13H2,1H3. The third-order valence-corrected chi connectivity index (χ3v) is 4.12. The van der Waals surface area contributed by atoms with Crippen LogP contribution in [0.3, 0.4) is 0 Å². The normalized spacial score (nSPS) is 17.5. The van der Waals surface area contributed by atoms with Crippen LogP contribution in [0.25, 0.3) is 0 Å². The predicted octanol–water partition coefficient (Wildman–Crippen LogP) is 2.08. The van der Waals surface area contributed by atoms with Gasteiger partial charge in [-0.2, -0.15) is 10.2 Å². The number of carbonyl (C=O) groups excluding carboxylic acids is 1. The van der Waals surface area contributed by atoms with E-state index in [1.54, 1.807) is 17.2 Å². The van der Waals surface area contributed by atoms with Crippen LogP contribution in [0.4, 0.5) is 5.69 Å². The number of hydrogen-bond acceptors (Lipinski definition) is 4. The van der Waals surface area contributed by atoms with Crippen molar-refractivity contribution in [1.82, 2.24) is 15.1 Å². The van der Waals surface area contributed by atoms with E-state index in [1.807, 2.05) is 13.1 Å². The quantitative estimate of drug-likeness (QED) is 0.866. The van der Waals surface area contributed by atoms with Gasteiger partial charge in [-0.3, -0.25) is 4.79 Å². The maximum atomic E-state index is 12.3. The fraction of sp³-hybridized carbons (Fsp3) is 0.353. The molecule has 1 aliphatic rings. The van der Waals surface area contributed by atoms with Crippen molar-refractivity contribution in [3.05, 3.63) is 54.4 Å². The first kappa shape index (κ1) is 14.5. The largest absolute Gasteiger partial charge is 0.371 e. The number of para-hydroxylation sites is 1. The SMILES string of the molecule is CN(CC1CCN(c2ccccc2)C1)C(=O)c1ccnnc1. The van der Waals surface area contributed by atoms with Crippen molar-refractivity contribution < 1.29 is 4.79 Å². The first-order valence-electron chi connectivity index (χ1n) is 7.56. The molecule has 1 unspecified atom stereocenters. The molecular formula is C17H20N4O. The fourth-order valence-electron chi connectivity index (χ4n) is 2.96. The average molecular weight is 296 g/mol. The van der Waals surface area contributed by atoms with E-state index in [0.29, 0.717) is 11.5 Å². The highest BCUT2D eigenvalue weighted by molar-refractivity contribution is 5.93. The average Bonchev–Trinajstić information content (AvgIpc) is 3.04. The Hall–Kier alpha value is -2.43. The van der Waals surface area contributed by atoms with Crippen molar-refractivity contribution in [3.8, 4) is 0 Å². The van der Waals surface area contributed by atoms with Crippen molar-refractivity contribution in [2.75, 3.05) is 31.6 Å². The summed E-state index contributed by atoms with van der Waals surface area (Å²) in [5, 5.41) is 7.47. The molecule has 0 bridgehead atoms. The lowest BCUT2D eigenvalue weighted by atomic mass is 10.1. The topological polar surface area (TPSA) is 49.3 Å². The first-order valence-corrected chi connectivity index (χ1v) is 7.56. The van der Waals surface area contributed by atoms with Crippen LogP contribution in [0, 0.1) is 5.92 Å². The van der Waals surface area contributed by atoms with Crippen molar-refractivity contribution in [1.29, 1.82) is 0 Å². The minimum Gasteiger partial charge on any atom is -0.371 e. The Morgan fingerprint density at radius 2 is 2.09 bits per heavy atom. The van der Waals surface area contributed by atoms with E-state index in [-0.39, 0.29) is 5.91 Å². The van der Waals surface area contributed by atoms with E-state index in [4.69, 9.17) is 0 Å². The molecule has 1 fully saturated rings. The van der Waals surface area contributed by atoms with Crippen LogP contribution in [-0.4, -0.2) is 47.7 Å². The number of aromatic nitrogens is 2. The molecule has 2 aromatic rings. The molecule has 5 heteroatoms. The zero-order valence-electron chi connectivity index (χ0n) is 12.7. The van der Waals surface area contributed by atoms with Crippen molar-refractivity contribution >= 4 is 11.6 Å². The van der Waals surface area contributed by atoms with Gasteiger partial charge in [-0.1, -0.05) is 18.2 Å². The van der Waals surface area contributed by atoms with Gasteiger partial charge in [-0.25, -0.2) is 0 Å². The molecule has 0 spiro atoms. The van der Waals surface area contributed by atoms with E-state index < -0.39 is 0 Å². The Labute approximate surface area is 130 Å². The van der Waals surface area contributed by atoms with E-state index in [1.165, 1.54) is 11.9 Å². The summed E-state index contributed by atoms with van der Waals surface area (Å²) in [7, 11) is 1.86. The highest BCUT2D eigenvalue weighted by atomic mass is 16.2. The zero-order chi connectivity index (χ0) is 15.4. The van der Waals surface area contributed by atoms with Crippen LogP contribution >= 0.6 is 0 Å². The van der Waals surface area contributed by atoms with Gasteiger partial charge in [-0.05, 0) is 30.5 Å². The van der Waals surface area contributed by atoms with Gasteiger partial charge in [0.25, 0.3) is 5.91 Å². The van der Waals surface area contributed by atoms with Crippen molar-refractivity contribution in [2.45, 2.75) is 6.42 Å². The number of carbonyl (C=O) groups is 1. The molecule has 1 saturated heterocycles. The molecule has 1 atom stereocenters. The molecule has 0 aliphatic carbocycles. The van der Waals surface area contributed by atoms with Gasteiger partial charge in [0.2, 0.25) is 0 Å². The number of benzene rings is 1. The lowest BCUT2D eigenvalue weighted by Crippen LogP contribution is -2.33. The molecule has 1 amide bonds. The summed E-state index contributed by atoms with van der Waals surface area (Å²) >= 11 is 0. The molecule has 1 aliphatic heterocycles. The molecule has 3 rings (SSSR count). The highest BCUT2D eigenvalue weighted by Gasteiger charge is 2.25. The number of nitrogens with zero attached hydrogens (tertiary/aromatic N) is 4. The summed E-state index contributed by atoms with van der Waals surface area (Å²) < 4.78 is 0. The van der Waals surface area contributed by atoms with Gasteiger partial charge in [-0.15, -0.1) is 0 Å². The molecule has 114 valence electrons. The van der Waals surface area contributed by atoms with Gasteiger partial charge in [0.15, 0.2) is 0 Å². The minimum absolute atomic E-state index is 0.00746.